The number of esters is 1. The van der Waals surface area contributed by atoms with Crippen LogP contribution in [-0.4, -0.2) is 44.3 Å². The van der Waals surface area contributed by atoms with Gasteiger partial charge in [-0.2, -0.15) is 4.31 Å². The number of rotatable bonds is 7. The summed E-state index contributed by atoms with van der Waals surface area (Å²) in [5, 5.41) is 2.78. The normalized spacial score (nSPS) is 15.5. The first-order valence-electron chi connectivity index (χ1n) is 9.60. The van der Waals surface area contributed by atoms with Crippen LogP contribution in [0.25, 0.3) is 0 Å². The van der Waals surface area contributed by atoms with E-state index in [4.69, 9.17) is 16.3 Å². The molecule has 1 aliphatic heterocycles. The number of nitrogens with one attached hydrogen (secondary N) is 1. The van der Waals surface area contributed by atoms with Crippen molar-refractivity contribution >= 4 is 33.5 Å². The molecule has 1 unspecified atom stereocenters. The highest BCUT2D eigenvalue weighted by atomic mass is 35.5. The van der Waals surface area contributed by atoms with E-state index in [-0.39, 0.29) is 21.5 Å². The van der Waals surface area contributed by atoms with Gasteiger partial charge in [0, 0.05) is 13.1 Å². The average Bonchev–Trinajstić information content (AvgIpc) is 3.28. The zero-order chi connectivity index (χ0) is 21.7. The SMILES string of the molecule is CC(NC(=O)COC(=O)c1ccc(Cl)c(S(=O)(=O)N2CCCC2)c1)c1ccccc1. The molecule has 0 radical (unpaired) electrons. The summed E-state index contributed by atoms with van der Waals surface area (Å²) in [5.41, 5.74) is 0.938. The summed E-state index contributed by atoms with van der Waals surface area (Å²) in [7, 11) is -3.79. The van der Waals surface area contributed by atoms with E-state index < -0.39 is 28.5 Å². The second-order valence-corrected chi connectivity index (χ2v) is 9.35. The van der Waals surface area contributed by atoms with Crippen molar-refractivity contribution in [1.29, 1.82) is 0 Å². The van der Waals surface area contributed by atoms with E-state index in [1.807, 2.05) is 37.3 Å². The summed E-state index contributed by atoms with van der Waals surface area (Å²) >= 11 is 6.08. The van der Waals surface area contributed by atoms with Gasteiger partial charge in [-0.25, -0.2) is 13.2 Å². The molecule has 0 aromatic heterocycles. The van der Waals surface area contributed by atoms with E-state index in [1.54, 1.807) is 0 Å². The van der Waals surface area contributed by atoms with E-state index in [9.17, 15) is 18.0 Å². The van der Waals surface area contributed by atoms with E-state index >= 15 is 0 Å². The molecule has 1 atom stereocenters. The van der Waals surface area contributed by atoms with Gasteiger partial charge in [-0.1, -0.05) is 41.9 Å². The predicted molar refractivity (Wildman–Crippen MR) is 113 cm³/mol. The van der Waals surface area contributed by atoms with Crippen LogP contribution in [0.1, 0.15) is 41.7 Å². The number of halogens is 1. The maximum Gasteiger partial charge on any atom is 0.338 e. The van der Waals surface area contributed by atoms with Crippen LogP contribution in [0.2, 0.25) is 5.02 Å². The molecule has 9 heteroatoms. The van der Waals surface area contributed by atoms with Crippen molar-refractivity contribution in [2.75, 3.05) is 19.7 Å². The minimum Gasteiger partial charge on any atom is -0.452 e. The summed E-state index contributed by atoms with van der Waals surface area (Å²) in [4.78, 5) is 24.3. The van der Waals surface area contributed by atoms with Crippen LogP contribution in [0.3, 0.4) is 0 Å². The molecule has 1 aliphatic rings. The van der Waals surface area contributed by atoms with Crippen molar-refractivity contribution in [3.8, 4) is 0 Å². The van der Waals surface area contributed by atoms with Crippen LogP contribution in [0.5, 0.6) is 0 Å². The smallest absolute Gasteiger partial charge is 0.338 e. The third-order valence-corrected chi connectivity index (χ3v) is 7.24. The Hall–Kier alpha value is -2.42. The van der Waals surface area contributed by atoms with E-state index in [0.717, 1.165) is 18.4 Å². The Morgan fingerprint density at radius 1 is 1.13 bits per heavy atom. The molecule has 30 heavy (non-hydrogen) atoms. The summed E-state index contributed by atoms with van der Waals surface area (Å²) in [6.45, 7) is 2.19. The number of hydrogen-bond acceptors (Lipinski definition) is 5. The van der Waals surface area contributed by atoms with Gasteiger partial charge in [-0.15, -0.1) is 0 Å². The molecule has 0 spiro atoms. The topological polar surface area (TPSA) is 92.8 Å². The van der Waals surface area contributed by atoms with E-state index in [1.165, 1.54) is 22.5 Å². The van der Waals surface area contributed by atoms with Crippen molar-refractivity contribution in [2.45, 2.75) is 30.7 Å². The third kappa shape index (κ3) is 5.19. The number of carbonyl (C=O) groups excluding carboxylic acids is 2. The van der Waals surface area contributed by atoms with Gasteiger partial charge in [0.1, 0.15) is 4.90 Å². The summed E-state index contributed by atoms with van der Waals surface area (Å²) in [5.74, 6) is -1.26. The number of ether oxygens (including phenoxy) is 1. The summed E-state index contributed by atoms with van der Waals surface area (Å²) in [6, 6.07) is 13.0. The number of nitrogens with zero attached hydrogens (tertiary/aromatic N) is 1. The van der Waals surface area contributed by atoms with Gasteiger partial charge in [0.25, 0.3) is 5.91 Å². The number of sulfonamides is 1. The number of amides is 1. The molecular weight excluding hydrogens is 428 g/mol. The van der Waals surface area contributed by atoms with Gasteiger partial charge < -0.3 is 10.1 Å². The molecule has 7 nitrogen and oxygen atoms in total. The maximum absolute atomic E-state index is 12.8. The van der Waals surface area contributed by atoms with Crippen molar-refractivity contribution < 1.29 is 22.7 Å². The van der Waals surface area contributed by atoms with Crippen LogP contribution in [0.15, 0.2) is 53.4 Å². The summed E-state index contributed by atoms with van der Waals surface area (Å²) < 4.78 is 32.0. The van der Waals surface area contributed by atoms with Crippen molar-refractivity contribution in [3.05, 3.63) is 64.7 Å². The van der Waals surface area contributed by atoms with Crippen molar-refractivity contribution in [3.63, 3.8) is 0 Å². The Balaban J connectivity index is 1.63. The maximum atomic E-state index is 12.8. The zero-order valence-electron chi connectivity index (χ0n) is 16.5. The van der Waals surface area contributed by atoms with Crippen molar-refractivity contribution in [1.82, 2.24) is 9.62 Å². The Morgan fingerprint density at radius 3 is 2.47 bits per heavy atom. The molecule has 1 fully saturated rings. The highest BCUT2D eigenvalue weighted by Crippen LogP contribution is 2.28. The van der Waals surface area contributed by atoms with E-state index in [2.05, 4.69) is 5.32 Å². The lowest BCUT2D eigenvalue weighted by Gasteiger charge is -2.17. The minimum absolute atomic E-state index is 0.0149. The molecule has 0 bridgehead atoms. The van der Waals surface area contributed by atoms with Crippen LogP contribution < -0.4 is 5.32 Å². The monoisotopic (exact) mass is 450 g/mol. The number of benzene rings is 2. The molecule has 160 valence electrons. The van der Waals surface area contributed by atoms with Gasteiger partial charge >= 0.3 is 5.97 Å². The standard InChI is InChI=1S/C21H23ClN2O5S/c1-15(16-7-3-2-4-8-16)23-20(25)14-29-21(26)17-9-10-18(22)19(13-17)30(27,28)24-11-5-6-12-24/h2-4,7-10,13,15H,5-6,11-12,14H2,1H3,(H,23,25). The number of hydrogen-bond donors (Lipinski definition) is 1. The fourth-order valence-electron chi connectivity index (χ4n) is 3.22. The predicted octanol–water partition coefficient (Wildman–Crippen LogP) is 3.16. The largest absolute Gasteiger partial charge is 0.452 e. The second kappa shape index (κ2) is 9.59. The minimum atomic E-state index is -3.79. The highest BCUT2D eigenvalue weighted by molar-refractivity contribution is 7.89. The van der Waals surface area contributed by atoms with Gasteiger partial charge in [0.05, 0.1) is 16.6 Å². The Labute approximate surface area is 181 Å². The molecule has 3 rings (SSSR count). The molecule has 2 aromatic rings. The van der Waals surface area contributed by atoms with E-state index in [0.29, 0.717) is 13.1 Å². The lowest BCUT2D eigenvalue weighted by molar-refractivity contribution is -0.124. The third-order valence-electron chi connectivity index (χ3n) is 4.86. The first-order chi connectivity index (χ1) is 14.3. The highest BCUT2D eigenvalue weighted by Gasteiger charge is 2.30. The molecule has 1 N–H and O–H groups in total. The molecule has 1 saturated heterocycles. The van der Waals surface area contributed by atoms with Crippen molar-refractivity contribution in [2.24, 2.45) is 0 Å². The second-order valence-electron chi connectivity index (χ2n) is 7.03. The van der Waals surface area contributed by atoms with Crippen LogP contribution >= 0.6 is 11.6 Å². The first-order valence-corrected chi connectivity index (χ1v) is 11.4. The van der Waals surface area contributed by atoms with Crippen LogP contribution in [0.4, 0.5) is 0 Å². The van der Waals surface area contributed by atoms with Gasteiger partial charge in [0.2, 0.25) is 10.0 Å². The van der Waals surface area contributed by atoms with Gasteiger partial charge in [-0.05, 0) is 43.5 Å². The lowest BCUT2D eigenvalue weighted by Crippen LogP contribution is -2.31. The molecule has 0 aliphatic carbocycles. The zero-order valence-corrected chi connectivity index (χ0v) is 18.1. The fourth-order valence-corrected chi connectivity index (χ4v) is 5.24. The molecule has 1 heterocycles. The Morgan fingerprint density at radius 2 is 1.80 bits per heavy atom. The van der Waals surface area contributed by atoms with Crippen LogP contribution in [-0.2, 0) is 19.6 Å². The molecule has 1 amide bonds. The Bertz CT molecular complexity index is 1020. The molecule has 0 saturated carbocycles. The fraction of sp³-hybridized carbons (Fsp3) is 0.333. The molecular formula is C21H23ClN2O5S. The first kappa shape index (κ1) is 22.3. The lowest BCUT2D eigenvalue weighted by atomic mass is 10.1. The number of carbonyl (C=O) groups is 2. The molecule has 2 aromatic carbocycles. The van der Waals surface area contributed by atoms with Crippen LogP contribution in [0, 0.1) is 0 Å². The summed E-state index contributed by atoms with van der Waals surface area (Å²) in [6.07, 6.45) is 1.57. The average molecular weight is 451 g/mol. The van der Waals surface area contributed by atoms with Gasteiger partial charge in [0.15, 0.2) is 6.61 Å². The quantitative estimate of drug-likeness (QED) is 0.654. The Kier molecular flexibility index (Phi) is 7.12. The van der Waals surface area contributed by atoms with Gasteiger partial charge in [-0.3, -0.25) is 4.79 Å².